The van der Waals surface area contributed by atoms with Gasteiger partial charge in [0.25, 0.3) is 5.56 Å². The highest BCUT2D eigenvalue weighted by Gasteiger charge is 2.24. The topological polar surface area (TPSA) is 97.3 Å². The van der Waals surface area contributed by atoms with E-state index in [0.717, 1.165) is 0 Å². The number of carbonyl (C=O) groups is 1. The summed E-state index contributed by atoms with van der Waals surface area (Å²) in [4.78, 5) is 24.1. The number of carbonyl (C=O) groups excluding carboxylic acids is 1. The Hall–Kier alpha value is -1.97. The number of sulfonamides is 1. The minimum absolute atomic E-state index is 0.0306. The van der Waals surface area contributed by atoms with E-state index in [0.29, 0.717) is 10.0 Å². The molecular weight excluding hydrogens is 434 g/mol. The first-order valence-electron chi connectivity index (χ1n) is 8.22. The van der Waals surface area contributed by atoms with E-state index >= 15 is 0 Å². The molecule has 7 nitrogen and oxygen atoms in total. The van der Waals surface area contributed by atoms with Crippen molar-refractivity contribution in [1.29, 1.82) is 0 Å². The highest BCUT2D eigenvalue weighted by molar-refractivity contribution is 9.10. The summed E-state index contributed by atoms with van der Waals surface area (Å²) in [6, 6.07) is 9.43. The van der Waals surface area contributed by atoms with Crippen LogP contribution in [-0.2, 0) is 27.9 Å². The third kappa shape index (κ3) is 6.30. The van der Waals surface area contributed by atoms with E-state index in [1.807, 2.05) is 0 Å². The number of rotatable bonds is 6. The first-order chi connectivity index (χ1) is 12.5. The average Bonchev–Trinajstić information content (AvgIpc) is 2.54. The zero-order valence-electron chi connectivity index (χ0n) is 15.3. The molecule has 0 atom stereocenters. The van der Waals surface area contributed by atoms with Crippen LogP contribution in [0, 0.1) is 0 Å². The largest absolute Gasteiger partial charge is 0.350 e. The number of hydrogen-bond acceptors (Lipinski definition) is 4. The summed E-state index contributed by atoms with van der Waals surface area (Å²) < 4.78 is 29.8. The summed E-state index contributed by atoms with van der Waals surface area (Å²) in [5.41, 5.74) is -0.466. The fourth-order valence-corrected chi connectivity index (χ4v) is 4.44. The van der Waals surface area contributed by atoms with Crippen molar-refractivity contribution in [2.75, 3.05) is 0 Å². The maximum Gasteiger partial charge on any atom is 0.251 e. The smallest absolute Gasteiger partial charge is 0.251 e. The Balaban J connectivity index is 2.14. The predicted octanol–water partition coefficient (Wildman–Crippen LogP) is 2.00. The number of nitrogens with one attached hydrogen (secondary N) is 2. The third-order valence-corrected chi connectivity index (χ3v) is 5.77. The van der Waals surface area contributed by atoms with E-state index in [1.165, 1.54) is 22.9 Å². The van der Waals surface area contributed by atoms with Gasteiger partial charge >= 0.3 is 0 Å². The lowest BCUT2D eigenvalue weighted by Gasteiger charge is -2.21. The molecule has 0 fully saturated rings. The number of amides is 1. The Kier molecular flexibility index (Phi) is 6.61. The number of halogens is 1. The van der Waals surface area contributed by atoms with Gasteiger partial charge in [0.05, 0.1) is 4.90 Å². The molecule has 2 N–H and O–H groups in total. The minimum atomic E-state index is -3.73. The Bertz CT molecular complexity index is 994. The van der Waals surface area contributed by atoms with E-state index in [9.17, 15) is 18.0 Å². The molecule has 0 radical (unpaired) electrons. The van der Waals surface area contributed by atoms with Gasteiger partial charge < -0.3 is 9.88 Å². The number of pyridine rings is 1. The zero-order valence-corrected chi connectivity index (χ0v) is 17.7. The van der Waals surface area contributed by atoms with Crippen molar-refractivity contribution in [3.05, 3.63) is 63.0 Å². The third-order valence-electron chi connectivity index (χ3n) is 3.44. The summed E-state index contributed by atoms with van der Waals surface area (Å²) in [7, 11) is -3.73. The van der Waals surface area contributed by atoms with Gasteiger partial charge in [0.1, 0.15) is 6.54 Å². The number of benzene rings is 1. The Morgan fingerprint density at radius 3 is 2.48 bits per heavy atom. The van der Waals surface area contributed by atoms with Gasteiger partial charge in [0, 0.05) is 28.8 Å². The van der Waals surface area contributed by atoms with E-state index in [4.69, 9.17) is 0 Å². The summed E-state index contributed by atoms with van der Waals surface area (Å²) >= 11 is 3.25. The van der Waals surface area contributed by atoms with Crippen LogP contribution in [0.2, 0.25) is 0 Å². The van der Waals surface area contributed by atoms with Crippen LogP contribution in [0.5, 0.6) is 0 Å². The molecule has 0 bridgehead atoms. The van der Waals surface area contributed by atoms with E-state index in [2.05, 4.69) is 26.0 Å². The molecule has 9 heteroatoms. The quantitative estimate of drug-likeness (QED) is 0.695. The van der Waals surface area contributed by atoms with Crippen LogP contribution < -0.4 is 15.6 Å². The van der Waals surface area contributed by atoms with Crippen LogP contribution in [0.4, 0.5) is 0 Å². The monoisotopic (exact) mass is 455 g/mol. The van der Waals surface area contributed by atoms with Crippen LogP contribution in [-0.4, -0.2) is 24.4 Å². The van der Waals surface area contributed by atoms with Crippen LogP contribution in [0.3, 0.4) is 0 Å². The molecule has 27 heavy (non-hydrogen) atoms. The molecule has 0 aliphatic carbocycles. The summed E-state index contributed by atoms with van der Waals surface area (Å²) in [5, 5.41) is 2.66. The van der Waals surface area contributed by atoms with Crippen molar-refractivity contribution >= 4 is 31.9 Å². The first-order valence-corrected chi connectivity index (χ1v) is 10.5. The Labute approximate surface area is 167 Å². The molecule has 1 aromatic heterocycles. The lowest BCUT2D eigenvalue weighted by molar-refractivity contribution is -0.121. The van der Waals surface area contributed by atoms with Crippen LogP contribution in [0.1, 0.15) is 26.3 Å². The van der Waals surface area contributed by atoms with Gasteiger partial charge in [-0.25, -0.2) is 13.1 Å². The maximum atomic E-state index is 12.6. The molecule has 0 aliphatic heterocycles. The van der Waals surface area contributed by atoms with Crippen molar-refractivity contribution in [2.45, 2.75) is 44.3 Å². The molecule has 1 aromatic carbocycles. The SMILES string of the molecule is CC(C)(C)NS(=O)(=O)c1ccccc1CNC(=O)Cn1cc(Br)ccc1=O. The molecule has 1 heterocycles. The number of nitrogens with zero attached hydrogens (tertiary/aromatic N) is 1. The molecule has 2 rings (SSSR count). The molecular formula is C18H22BrN3O4S. The normalized spacial score (nSPS) is 12.0. The molecule has 1 amide bonds. The van der Waals surface area contributed by atoms with Gasteiger partial charge in [-0.3, -0.25) is 9.59 Å². The lowest BCUT2D eigenvalue weighted by atomic mass is 10.1. The van der Waals surface area contributed by atoms with Gasteiger partial charge in [-0.2, -0.15) is 0 Å². The van der Waals surface area contributed by atoms with Crippen LogP contribution in [0.25, 0.3) is 0 Å². The fourth-order valence-electron chi connectivity index (χ4n) is 2.40. The van der Waals surface area contributed by atoms with Gasteiger partial charge in [0.2, 0.25) is 15.9 Å². The molecule has 2 aromatic rings. The van der Waals surface area contributed by atoms with Crippen molar-refractivity contribution in [3.8, 4) is 0 Å². The second-order valence-corrected chi connectivity index (χ2v) is 9.62. The fraction of sp³-hybridized carbons (Fsp3) is 0.333. The van der Waals surface area contributed by atoms with Crippen LogP contribution >= 0.6 is 15.9 Å². The number of aromatic nitrogens is 1. The first kappa shape index (κ1) is 21.3. The van der Waals surface area contributed by atoms with Crippen molar-refractivity contribution in [2.24, 2.45) is 0 Å². The molecule has 0 unspecified atom stereocenters. The highest BCUT2D eigenvalue weighted by atomic mass is 79.9. The van der Waals surface area contributed by atoms with Gasteiger partial charge in [0.15, 0.2) is 0 Å². The minimum Gasteiger partial charge on any atom is -0.350 e. The van der Waals surface area contributed by atoms with E-state index < -0.39 is 21.5 Å². The molecule has 0 aliphatic rings. The lowest BCUT2D eigenvalue weighted by Crippen LogP contribution is -2.41. The summed E-state index contributed by atoms with van der Waals surface area (Å²) in [6.45, 7) is 5.14. The van der Waals surface area contributed by atoms with Gasteiger partial charge in [-0.15, -0.1) is 0 Å². The second kappa shape index (κ2) is 8.37. The Morgan fingerprint density at radius 2 is 1.81 bits per heavy atom. The molecule has 146 valence electrons. The Morgan fingerprint density at radius 1 is 1.15 bits per heavy atom. The molecule has 0 spiro atoms. The van der Waals surface area contributed by atoms with Crippen LogP contribution in [0.15, 0.2) is 56.8 Å². The summed E-state index contributed by atoms with van der Waals surface area (Å²) in [6.07, 6.45) is 1.52. The van der Waals surface area contributed by atoms with Gasteiger partial charge in [-0.1, -0.05) is 18.2 Å². The van der Waals surface area contributed by atoms with Crippen molar-refractivity contribution < 1.29 is 13.2 Å². The maximum absolute atomic E-state index is 12.6. The number of hydrogen-bond donors (Lipinski definition) is 2. The highest BCUT2D eigenvalue weighted by Crippen LogP contribution is 2.17. The van der Waals surface area contributed by atoms with Crippen molar-refractivity contribution in [3.63, 3.8) is 0 Å². The standard InChI is InChI=1S/C18H22BrN3O4S/c1-18(2,3)21-27(25,26)15-7-5-4-6-13(15)10-20-16(23)12-22-11-14(19)8-9-17(22)24/h4-9,11,21H,10,12H2,1-3H3,(H,20,23). The average molecular weight is 456 g/mol. The summed E-state index contributed by atoms with van der Waals surface area (Å²) in [5.74, 6) is -0.397. The molecule has 0 saturated carbocycles. The zero-order chi connectivity index (χ0) is 20.2. The predicted molar refractivity (Wildman–Crippen MR) is 107 cm³/mol. The van der Waals surface area contributed by atoms with Gasteiger partial charge in [-0.05, 0) is 54.4 Å². The second-order valence-electron chi connectivity index (χ2n) is 7.05. The van der Waals surface area contributed by atoms with E-state index in [1.54, 1.807) is 45.0 Å². The van der Waals surface area contributed by atoms with Crippen molar-refractivity contribution in [1.82, 2.24) is 14.6 Å². The van der Waals surface area contributed by atoms with E-state index in [-0.39, 0.29) is 23.5 Å². The molecule has 0 saturated heterocycles.